The molecule has 0 radical (unpaired) electrons. The van der Waals surface area contributed by atoms with Gasteiger partial charge in [-0.3, -0.25) is 19.6 Å². The molecule has 0 aliphatic carbocycles. The molecule has 2 amide bonds. The molecule has 3 aromatic heterocycles. The molecule has 8 heteroatoms. The number of rotatable bonds is 3. The van der Waals surface area contributed by atoms with Crippen molar-refractivity contribution in [3.05, 3.63) is 77.5 Å². The fourth-order valence-corrected chi connectivity index (χ4v) is 3.85. The van der Waals surface area contributed by atoms with Gasteiger partial charge in [0.1, 0.15) is 0 Å². The molecule has 3 aromatic rings. The van der Waals surface area contributed by atoms with Gasteiger partial charge in [0.2, 0.25) is 5.91 Å². The number of aromatic nitrogens is 3. The van der Waals surface area contributed by atoms with E-state index in [2.05, 4.69) is 20.3 Å². The molecule has 0 saturated heterocycles. The normalized spacial score (nSPS) is 15.3. The molecular formula is C22H20N6O2. The maximum absolute atomic E-state index is 13.2. The Morgan fingerprint density at radius 1 is 1.10 bits per heavy atom. The molecule has 0 saturated carbocycles. The first-order valence-corrected chi connectivity index (χ1v) is 9.85. The van der Waals surface area contributed by atoms with Crippen molar-refractivity contribution in [2.75, 3.05) is 23.3 Å². The van der Waals surface area contributed by atoms with Crippen LogP contribution in [0.25, 0.3) is 0 Å². The van der Waals surface area contributed by atoms with Gasteiger partial charge >= 0.3 is 0 Å². The van der Waals surface area contributed by atoms with Crippen molar-refractivity contribution < 1.29 is 9.59 Å². The molecule has 0 atom stereocenters. The second-order valence-electron chi connectivity index (χ2n) is 7.33. The number of fused-ring (bicyclic) bond motifs is 2. The van der Waals surface area contributed by atoms with E-state index < -0.39 is 0 Å². The van der Waals surface area contributed by atoms with E-state index >= 15 is 0 Å². The molecule has 1 N–H and O–H groups in total. The summed E-state index contributed by atoms with van der Waals surface area (Å²) in [5.74, 6) is 0.406. The van der Waals surface area contributed by atoms with E-state index in [1.165, 1.54) is 0 Å². The van der Waals surface area contributed by atoms with Gasteiger partial charge in [0.25, 0.3) is 5.91 Å². The van der Waals surface area contributed by atoms with Crippen LogP contribution in [0.2, 0.25) is 0 Å². The van der Waals surface area contributed by atoms with Crippen LogP contribution in [0.1, 0.15) is 27.3 Å². The quantitative estimate of drug-likeness (QED) is 0.723. The van der Waals surface area contributed by atoms with Gasteiger partial charge in [0.15, 0.2) is 5.82 Å². The Morgan fingerprint density at radius 3 is 2.87 bits per heavy atom. The Bertz CT molecular complexity index is 1120. The Hall–Kier alpha value is -3.81. The van der Waals surface area contributed by atoms with E-state index in [-0.39, 0.29) is 18.4 Å². The van der Waals surface area contributed by atoms with Gasteiger partial charge in [-0.2, -0.15) is 0 Å². The van der Waals surface area contributed by atoms with Crippen molar-refractivity contribution in [2.45, 2.75) is 19.5 Å². The highest BCUT2D eigenvalue weighted by Gasteiger charge is 2.28. The molecule has 0 bridgehead atoms. The van der Waals surface area contributed by atoms with Crippen LogP contribution in [0.3, 0.4) is 0 Å². The van der Waals surface area contributed by atoms with Crippen LogP contribution in [0.15, 0.2) is 55.0 Å². The van der Waals surface area contributed by atoms with Crippen LogP contribution in [0.5, 0.6) is 0 Å². The van der Waals surface area contributed by atoms with Gasteiger partial charge in [-0.25, -0.2) is 4.98 Å². The van der Waals surface area contributed by atoms with Gasteiger partial charge in [-0.15, -0.1) is 0 Å². The van der Waals surface area contributed by atoms with Crippen molar-refractivity contribution in [3.8, 4) is 0 Å². The summed E-state index contributed by atoms with van der Waals surface area (Å²) < 4.78 is 0. The lowest BCUT2D eigenvalue weighted by molar-refractivity contribution is -0.117. The third-order valence-corrected chi connectivity index (χ3v) is 5.41. The maximum Gasteiger partial charge on any atom is 0.255 e. The number of pyridine rings is 3. The van der Waals surface area contributed by atoms with E-state index in [4.69, 9.17) is 0 Å². The van der Waals surface area contributed by atoms with Crippen LogP contribution in [-0.4, -0.2) is 44.8 Å². The highest BCUT2D eigenvalue weighted by atomic mass is 16.2. The van der Waals surface area contributed by atoms with Gasteiger partial charge in [-0.05, 0) is 29.8 Å². The predicted molar refractivity (Wildman–Crippen MR) is 111 cm³/mol. The van der Waals surface area contributed by atoms with E-state index in [0.717, 1.165) is 23.4 Å². The number of hydrogen-bond acceptors (Lipinski definition) is 6. The van der Waals surface area contributed by atoms with Gasteiger partial charge in [0, 0.05) is 43.8 Å². The van der Waals surface area contributed by atoms with Crippen molar-refractivity contribution >= 4 is 23.3 Å². The third-order valence-electron chi connectivity index (χ3n) is 5.41. The zero-order chi connectivity index (χ0) is 20.5. The summed E-state index contributed by atoms with van der Waals surface area (Å²) >= 11 is 0. The third kappa shape index (κ3) is 3.36. The Morgan fingerprint density at radius 2 is 2.00 bits per heavy atom. The second kappa shape index (κ2) is 7.55. The first-order valence-electron chi connectivity index (χ1n) is 9.85. The average Bonchev–Trinajstić information content (AvgIpc) is 2.80. The summed E-state index contributed by atoms with van der Waals surface area (Å²) in [5.41, 5.74) is 3.94. The van der Waals surface area contributed by atoms with E-state index in [9.17, 15) is 9.59 Å². The lowest BCUT2D eigenvalue weighted by Gasteiger charge is -2.31. The summed E-state index contributed by atoms with van der Waals surface area (Å²) in [6.07, 6.45) is 5.78. The molecule has 2 aliphatic heterocycles. The van der Waals surface area contributed by atoms with E-state index in [1.54, 1.807) is 34.5 Å². The number of hydrogen-bond donors (Lipinski definition) is 1. The van der Waals surface area contributed by atoms with Crippen LogP contribution < -0.4 is 10.2 Å². The summed E-state index contributed by atoms with van der Waals surface area (Å²) in [6, 6.07) is 11.2. The minimum absolute atomic E-state index is 0.0856. The number of carbonyl (C=O) groups is 2. The summed E-state index contributed by atoms with van der Waals surface area (Å²) in [4.78, 5) is 42.3. The van der Waals surface area contributed by atoms with Gasteiger partial charge < -0.3 is 15.1 Å². The Balaban J connectivity index is 1.43. The first kappa shape index (κ1) is 18.2. The molecule has 0 unspecified atom stereocenters. The van der Waals surface area contributed by atoms with Crippen LogP contribution >= 0.6 is 0 Å². The van der Waals surface area contributed by atoms with E-state index in [1.807, 2.05) is 30.3 Å². The fourth-order valence-electron chi connectivity index (χ4n) is 3.85. The monoisotopic (exact) mass is 400 g/mol. The SMILES string of the molecule is O=C(c1cnc2c(c1)N(Cc1ccccn1)C(=O)CN2)N1CCc2ncccc2C1. The molecular weight excluding hydrogens is 380 g/mol. The highest BCUT2D eigenvalue weighted by molar-refractivity contribution is 6.04. The molecule has 0 spiro atoms. The maximum atomic E-state index is 13.2. The molecule has 0 fully saturated rings. The largest absolute Gasteiger partial charge is 0.359 e. The predicted octanol–water partition coefficient (Wildman–Crippen LogP) is 2.03. The average molecular weight is 400 g/mol. The Kier molecular flexibility index (Phi) is 4.59. The molecule has 5 heterocycles. The Labute approximate surface area is 173 Å². The molecule has 150 valence electrons. The second-order valence-corrected chi connectivity index (χ2v) is 7.33. The molecule has 30 heavy (non-hydrogen) atoms. The molecule has 8 nitrogen and oxygen atoms in total. The van der Waals surface area contributed by atoms with Crippen LogP contribution in [0, 0.1) is 0 Å². The van der Waals surface area contributed by atoms with Crippen molar-refractivity contribution in [1.29, 1.82) is 0 Å². The zero-order valence-corrected chi connectivity index (χ0v) is 16.3. The van der Waals surface area contributed by atoms with Crippen LogP contribution in [-0.2, 0) is 24.3 Å². The minimum atomic E-state index is -0.101. The van der Waals surface area contributed by atoms with Gasteiger partial charge in [0.05, 0.1) is 30.0 Å². The zero-order valence-electron chi connectivity index (χ0n) is 16.3. The van der Waals surface area contributed by atoms with Gasteiger partial charge in [-0.1, -0.05) is 12.1 Å². The van der Waals surface area contributed by atoms with Crippen LogP contribution in [0.4, 0.5) is 11.5 Å². The minimum Gasteiger partial charge on any atom is -0.359 e. The lowest BCUT2D eigenvalue weighted by atomic mass is 10.0. The number of amides is 2. The first-order chi connectivity index (χ1) is 14.7. The molecule has 0 aromatic carbocycles. The summed E-state index contributed by atoms with van der Waals surface area (Å²) in [5, 5.41) is 3.03. The number of anilines is 2. The highest BCUT2D eigenvalue weighted by Crippen LogP contribution is 2.30. The topological polar surface area (TPSA) is 91.3 Å². The fraction of sp³-hybridized carbons (Fsp3) is 0.227. The van der Waals surface area contributed by atoms with Crippen molar-refractivity contribution in [1.82, 2.24) is 19.9 Å². The summed E-state index contributed by atoms with van der Waals surface area (Å²) in [6.45, 7) is 1.62. The number of nitrogens with zero attached hydrogens (tertiary/aromatic N) is 5. The number of nitrogens with one attached hydrogen (secondary N) is 1. The lowest BCUT2D eigenvalue weighted by Crippen LogP contribution is -2.40. The van der Waals surface area contributed by atoms with E-state index in [0.29, 0.717) is 36.7 Å². The standard InChI is InChI=1S/C22H20N6O2/c29-20-12-26-21-19(28(20)14-17-5-1-2-7-23-17)10-16(11-25-21)22(30)27-9-6-18-15(13-27)4-3-8-24-18/h1-5,7-8,10-11H,6,9,12-14H2,(H,25,26). The van der Waals surface area contributed by atoms with Crippen molar-refractivity contribution in [3.63, 3.8) is 0 Å². The number of carbonyl (C=O) groups excluding carboxylic acids is 2. The summed E-state index contributed by atoms with van der Waals surface area (Å²) in [7, 11) is 0. The van der Waals surface area contributed by atoms with Crippen molar-refractivity contribution in [2.24, 2.45) is 0 Å². The smallest absolute Gasteiger partial charge is 0.255 e. The molecule has 2 aliphatic rings. The molecule has 5 rings (SSSR count).